The number of ether oxygens (including phenoxy) is 1. The summed E-state index contributed by atoms with van der Waals surface area (Å²) in [6.07, 6.45) is 2.97. The lowest BCUT2D eigenvalue weighted by Gasteiger charge is -2.22. The average Bonchev–Trinajstić information content (AvgIpc) is 2.91. The van der Waals surface area contributed by atoms with Gasteiger partial charge in [-0.15, -0.1) is 0 Å². The van der Waals surface area contributed by atoms with Gasteiger partial charge in [-0.05, 0) is 49.4 Å². The number of hydrogen-bond donors (Lipinski definition) is 1. The van der Waals surface area contributed by atoms with Crippen LogP contribution in [0.2, 0.25) is 0 Å². The van der Waals surface area contributed by atoms with E-state index >= 15 is 0 Å². The maximum absolute atomic E-state index is 13.3. The molecule has 1 heterocycles. The summed E-state index contributed by atoms with van der Waals surface area (Å²) in [5, 5.41) is 3.41. The standard InChI is InChI=1S/C15H21F2NO/c1-2-6-18-15(8-11-5-7-19-10-11)12-3-4-13(16)14(17)9-12/h3-4,9,11,15,18H,2,5-8,10H2,1H3. The molecule has 2 atom stereocenters. The molecule has 0 radical (unpaired) electrons. The Kier molecular flexibility index (Phi) is 5.28. The molecule has 1 fully saturated rings. The van der Waals surface area contributed by atoms with Crippen molar-refractivity contribution in [2.45, 2.75) is 32.2 Å². The minimum Gasteiger partial charge on any atom is -0.381 e. The smallest absolute Gasteiger partial charge is 0.159 e. The average molecular weight is 269 g/mol. The fraction of sp³-hybridized carbons (Fsp3) is 0.600. The predicted molar refractivity (Wildman–Crippen MR) is 70.9 cm³/mol. The molecule has 106 valence electrons. The lowest BCUT2D eigenvalue weighted by atomic mass is 9.94. The summed E-state index contributed by atoms with van der Waals surface area (Å²) in [6.45, 7) is 4.54. The fourth-order valence-electron chi connectivity index (χ4n) is 2.49. The third-order valence-corrected chi connectivity index (χ3v) is 3.58. The van der Waals surface area contributed by atoms with Crippen LogP contribution in [-0.2, 0) is 4.74 Å². The molecule has 1 N–H and O–H groups in total. The van der Waals surface area contributed by atoms with Gasteiger partial charge in [-0.3, -0.25) is 0 Å². The number of rotatable bonds is 6. The quantitative estimate of drug-likeness (QED) is 0.854. The number of hydrogen-bond acceptors (Lipinski definition) is 2. The Labute approximate surface area is 113 Å². The van der Waals surface area contributed by atoms with E-state index in [1.54, 1.807) is 6.07 Å². The van der Waals surface area contributed by atoms with Crippen LogP contribution in [0.1, 0.15) is 37.8 Å². The molecule has 2 unspecified atom stereocenters. The van der Waals surface area contributed by atoms with Crippen LogP contribution in [0, 0.1) is 17.6 Å². The van der Waals surface area contributed by atoms with Crippen LogP contribution in [0.5, 0.6) is 0 Å². The highest BCUT2D eigenvalue weighted by molar-refractivity contribution is 5.21. The van der Waals surface area contributed by atoms with Gasteiger partial charge in [-0.2, -0.15) is 0 Å². The first-order chi connectivity index (χ1) is 9.20. The third kappa shape index (κ3) is 3.98. The molecule has 1 aliphatic rings. The van der Waals surface area contributed by atoms with Gasteiger partial charge in [0.15, 0.2) is 11.6 Å². The van der Waals surface area contributed by atoms with Crippen LogP contribution in [0.3, 0.4) is 0 Å². The number of halogens is 2. The van der Waals surface area contributed by atoms with Crippen molar-refractivity contribution >= 4 is 0 Å². The second kappa shape index (κ2) is 6.96. The molecular weight excluding hydrogens is 248 g/mol. The summed E-state index contributed by atoms with van der Waals surface area (Å²) in [5.74, 6) is -1.06. The van der Waals surface area contributed by atoms with Crippen molar-refractivity contribution in [1.29, 1.82) is 0 Å². The second-order valence-electron chi connectivity index (χ2n) is 5.15. The number of benzene rings is 1. The van der Waals surface area contributed by atoms with Gasteiger partial charge in [0.05, 0.1) is 0 Å². The SMILES string of the molecule is CCCNC(CC1CCOC1)c1ccc(F)c(F)c1. The van der Waals surface area contributed by atoms with Gasteiger partial charge >= 0.3 is 0 Å². The van der Waals surface area contributed by atoms with Gasteiger partial charge in [0.25, 0.3) is 0 Å². The normalized spacial score (nSPS) is 20.7. The van der Waals surface area contributed by atoms with Gasteiger partial charge in [0.1, 0.15) is 0 Å². The van der Waals surface area contributed by atoms with E-state index in [-0.39, 0.29) is 6.04 Å². The zero-order valence-corrected chi connectivity index (χ0v) is 11.3. The molecule has 2 rings (SSSR count). The Morgan fingerprint density at radius 2 is 2.21 bits per heavy atom. The van der Waals surface area contributed by atoms with Crippen LogP contribution < -0.4 is 5.32 Å². The second-order valence-corrected chi connectivity index (χ2v) is 5.15. The highest BCUT2D eigenvalue weighted by Crippen LogP contribution is 2.27. The summed E-state index contributed by atoms with van der Waals surface area (Å²) in [7, 11) is 0. The summed E-state index contributed by atoms with van der Waals surface area (Å²) in [6, 6.07) is 4.25. The third-order valence-electron chi connectivity index (χ3n) is 3.58. The van der Waals surface area contributed by atoms with Crippen molar-refractivity contribution < 1.29 is 13.5 Å². The van der Waals surface area contributed by atoms with Crippen molar-refractivity contribution in [2.24, 2.45) is 5.92 Å². The topological polar surface area (TPSA) is 21.3 Å². The van der Waals surface area contributed by atoms with E-state index in [0.29, 0.717) is 5.92 Å². The molecule has 0 aliphatic carbocycles. The molecule has 2 nitrogen and oxygen atoms in total. The van der Waals surface area contributed by atoms with Crippen LogP contribution in [0.15, 0.2) is 18.2 Å². The fourth-order valence-corrected chi connectivity index (χ4v) is 2.49. The van der Waals surface area contributed by atoms with Crippen LogP contribution in [0.4, 0.5) is 8.78 Å². The Hall–Kier alpha value is -1.00. The largest absolute Gasteiger partial charge is 0.381 e. The molecule has 19 heavy (non-hydrogen) atoms. The van der Waals surface area contributed by atoms with Crippen LogP contribution in [-0.4, -0.2) is 19.8 Å². The molecule has 1 saturated heterocycles. The molecule has 0 spiro atoms. The van der Waals surface area contributed by atoms with Gasteiger partial charge in [0, 0.05) is 19.3 Å². The van der Waals surface area contributed by atoms with Crippen molar-refractivity contribution in [2.75, 3.05) is 19.8 Å². The van der Waals surface area contributed by atoms with E-state index in [1.807, 2.05) is 0 Å². The highest BCUT2D eigenvalue weighted by Gasteiger charge is 2.22. The molecule has 0 bridgehead atoms. The lowest BCUT2D eigenvalue weighted by Crippen LogP contribution is -2.25. The molecule has 0 amide bonds. The van der Waals surface area contributed by atoms with E-state index in [4.69, 9.17) is 4.74 Å². The van der Waals surface area contributed by atoms with Crippen molar-refractivity contribution in [3.05, 3.63) is 35.4 Å². The van der Waals surface area contributed by atoms with E-state index < -0.39 is 11.6 Å². The first-order valence-electron chi connectivity index (χ1n) is 6.96. The Balaban J connectivity index is 2.08. The zero-order valence-electron chi connectivity index (χ0n) is 11.3. The highest BCUT2D eigenvalue weighted by atomic mass is 19.2. The van der Waals surface area contributed by atoms with E-state index in [2.05, 4.69) is 12.2 Å². The Morgan fingerprint density at radius 3 is 2.84 bits per heavy atom. The maximum atomic E-state index is 13.3. The van der Waals surface area contributed by atoms with E-state index in [0.717, 1.165) is 44.6 Å². The van der Waals surface area contributed by atoms with Gasteiger partial charge in [0.2, 0.25) is 0 Å². The molecule has 1 aliphatic heterocycles. The van der Waals surface area contributed by atoms with Crippen molar-refractivity contribution in [1.82, 2.24) is 5.32 Å². The molecule has 1 aromatic carbocycles. The summed E-state index contributed by atoms with van der Waals surface area (Å²) < 4.78 is 31.7. The lowest BCUT2D eigenvalue weighted by molar-refractivity contribution is 0.181. The van der Waals surface area contributed by atoms with Gasteiger partial charge in [-0.1, -0.05) is 13.0 Å². The van der Waals surface area contributed by atoms with Crippen molar-refractivity contribution in [3.8, 4) is 0 Å². The van der Waals surface area contributed by atoms with Crippen LogP contribution in [0.25, 0.3) is 0 Å². The Bertz CT molecular complexity index is 405. The van der Waals surface area contributed by atoms with E-state index in [1.165, 1.54) is 12.1 Å². The minimum atomic E-state index is -0.790. The molecule has 0 aromatic heterocycles. The monoisotopic (exact) mass is 269 g/mol. The van der Waals surface area contributed by atoms with Crippen molar-refractivity contribution in [3.63, 3.8) is 0 Å². The first-order valence-corrected chi connectivity index (χ1v) is 6.96. The summed E-state index contributed by atoms with van der Waals surface area (Å²) in [4.78, 5) is 0. The van der Waals surface area contributed by atoms with Gasteiger partial charge in [-0.25, -0.2) is 8.78 Å². The maximum Gasteiger partial charge on any atom is 0.159 e. The minimum absolute atomic E-state index is 0.0711. The summed E-state index contributed by atoms with van der Waals surface area (Å²) in [5.41, 5.74) is 0.819. The molecule has 1 aromatic rings. The Morgan fingerprint density at radius 1 is 1.37 bits per heavy atom. The first kappa shape index (κ1) is 14.4. The predicted octanol–water partition coefficient (Wildman–Crippen LogP) is 3.43. The molecule has 4 heteroatoms. The van der Waals surface area contributed by atoms with Gasteiger partial charge < -0.3 is 10.1 Å². The number of nitrogens with one attached hydrogen (secondary N) is 1. The summed E-state index contributed by atoms with van der Waals surface area (Å²) >= 11 is 0. The van der Waals surface area contributed by atoms with Crippen LogP contribution >= 0.6 is 0 Å². The van der Waals surface area contributed by atoms with E-state index in [9.17, 15) is 8.78 Å². The molecular formula is C15H21F2NO. The molecule has 0 saturated carbocycles. The zero-order chi connectivity index (χ0) is 13.7.